The lowest BCUT2D eigenvalue weighted by molar-refractivity contribution is -0.384. The third kappa shape index (κ3) is 4.27. The predicted octanol–water partition coefficient (Wildman–Crippen LogP) is 5.30. The molecule has 1 N–H and O–H groups in total. The largest absolute Gasteiger partial charge is 0.481 e. The predicted molar refractivity (Wildman–Crippen MR) is 142 cm³/mol. The van der Waals surface area contributed by atoms with Crippen LogP contribution in [0.25, 0.3) is 5.00 Å². The monoisotopic (exact) mass is 516 g/mol. The van der Waals surface area contributed by atoms with Crippen molar-refractivity contribution in [3.63, 3.8) is 0 Å². The Hall–Kier alpha value is -4.38. The molecule has 0 bridgehead atoms. The van der Waals surface area contributed by atoms with Gasteiger partial charge in [0.05, 0.1) is 17.1 Å². The number of anilines is 2. The molecule has 0 aliphatic carbocycles. The lowest BCUT2D eigenvalue weighted by Crippen LogP contribution is -2.11. The molecule has 5 rings (SSSR count). The molecule has 0 unspecified atom stereocenters. The second kappa shape index (κ2) is 9.25. The van der Waals surface area contributed by atoms with E-state index in [2.05, 4.69) is 17.1 Å². The first-order valence-electron chi connectivity index (χ1n) is 11.6. The minimum absolute atomic E-state index is 0.0393. The van der Waals surface area contributed by atoms with Crippen molar-refractivity contribution in [2.75, 3.05) is 11.9 Å². The van der Waals surface area contributed by atoms with Crippen LogP contribution in [0.5, 0.6) is 0 Å². The van der Waals surface area contributed by atoms with E-state index >= 15 is 0 Å². The topological polar surface area (TPSA) is 127 Å². The second-order valence-electron chi connectivity index (χ2n) is 8.87. The van der Waals surface area contributed by atoms with Crippen LogP contribution >= 0.6 is 11.3 Å². The van der Waals surface area contributed by atoms with Crippen molar-refractivity contribution in [2.45, 2.75) is 33.2 Å². The standard InChI is InChI=1S/C26H24N6O4S/c1-14-15(2)37-26-23(14)24(27-21(13-22(33)34)25-29-28-16(3)31(25)26)17-5-7-18(8-6-17)30(4)19-9-11-20(12-10-19)32(35)36/h5-12,21H,13H2,1-4H3,(H,33,34)/t21-/m0/s1. The fraction of sp³-hybridized carbons (Fsp3) is 0.231. The first-order chi connectivity index (χ1) is 17.7. The van der Waals surface area contributed by atoms with Gasteiger partial charge in [-0.2, -0.15) is 0 Å². The molecule has 0 amide bonds. The van der Waals surface area contributed by atoms with Gasteiger partial charge in [0.1, 0.15) is 16.9 Å². The molecular weight excluding hydrogens is 492 g/mol. The summed E-state index contributed by atoms with van der Waals surface area (Å²) in [5, 5.41) is 30.0. The van der Waals surface area contributed by atoms with E-state index in [-0.39, 0.29) is 12.1 Å². The maximum atomic E-state index is 11.7. The molecule has 4 aromatic rings. The molecule has 10 nitrogen and oxygen atoms in total. The highest BCUT2D eigenvalue weighted by Gasteiger charge is 2.32. The number of benzene rings is 2. The van der Waals surface area contributed by atoms with Crippen LogP contribution in [-0.4, -0.2) is 43.5 Å². The number of hydrogen-bond acceptors (Lipinski definition) is 8. The quantitative estimate of drug-likeness (QED) is 0.272. The van der Waals surface area contributed by atoms with Gasteiger partial charge in [0.15, 0.2) is 5.82 Å². The number of thiophene rings is 1. The number of carbonyl (C=O) groups is 1. The number of aliphatic carboxylic acids is 1. The number of carboxylic acid groups (broad SMARTS) is 1. The Morgan fingerprint density at radius 2 is 1.70 bits per heavy atom. The van der Waals surface area contributed by atoms with Crippen molar-refractivity contribution >= 4 is 40.1 Å². The number of aromatic nitrogens is 3. The number of nitro benzene ring substituents is 1. The van der Waals surface area contributed by atoms with E-state index in [1.54, 1.807) is 23.5 Å². The highest BCUT2D eigenvalue weighted by atomic mass is 32.1. The van der Waals surface area contributed by atoms with Crippen molar-refractivity contribution in [2.24, 2.45) is 4.99 Å². The van der Waals surface area contributed by atoms with E-state index in [1.165, 1.54) is 12.1 Å². The Morgan fingerprint density at radius 3 is 2.30 bits per heavy atom. The van der Waals surface area contributed by atoms with Crippen LogP contribution in [0, 0.1) is 30.9 Å². The molecule has 2 aromatic heterocycles. The smallest absolute Gasteiger partial charge is 0.306 e. The van der Waals surface area contributed by atoms with E-state index < -0.39 is 16.9 Å². The summed E-state index contributed by atoms with van der Waals surface area (Å²) in [6, 6.07) is 13.5. The molecule has 3 heterocycles. The summed E-state index contributed by atoms with van der Waals surface area (Å²) in [6.07, 6.45) is -0.199. The summed E-state index contributed by atoms with van der Waals surface area (Å²) in [6.45, 7) is 5.96. The highest BCUT2D eigenvalue weighted by Crippen LogP contribution is 2.39. The molecule has 37 heavy (non-hydrogen) atoms. The zero-order valence-corrected chi connectivity index (χ0v) is 21.5. The van der Waals surface area contributed by atoms with Gasteiger partial charge in [-0.3, -0.25) is 24.5 Å². The van der Waals surface area contributed by atoms with Crippen LogP contribution in [0.2, 0.25) is 0 Å². The van der Waals surface area contributed by atoms with Gasteiger partial charge in [0.25, 0.3) is 5.69 Å². The van der Waals surface area contributed by atoms with Crippen LogP contribution in [0.15, 0.2) is 53.5 Å². The summed E-state index contributed by atoms with van der Waals surface area (Å²) >= 11 is 1.62. The maximum absolute atomic E-state index is 11.7. The van der Waals surface area contributed by atoms with E-state index in [0.29, 0.717) is 11.6 Å². The van der Waals surface area contributed by atoms with Crippen LogP contribution in [-0.2, 0) is 4.79 Å². The number of aryl methyl sites for hydroxylation is 2. The third-order valence-electron chi connectivity index (χ3n) is 6.58. The molecule has 0 saturated heterocycles. The Kier molecular flexibility index (Phi) is 6.08. The normalized spacial score (nSPS) is 14.4. The molecule has 1 aliphatic rings. The number of carboxylic acids is 1. The van der Waals surface area contributed by atoms with Gasteiger partial charge in [-0.15, -0.1) is 21.5 Å². The number of aliphatic imine (C=N–C) groups is 1. The Balaban J connectivity index is 1.58. The van der Waals surface area contributed by atoms with Gasteiger partial charge in [0, 0.05) is 46.6 Å². The summed E-state index contributed by atoms with van der Waals surface area (Å²) < 4.78 is 1.93. The molecule has 0 saturated carbocycles. The highest BCUT2D eigenvalue weighted by molar-refractivity contribution is 7.15. The van der Waals surface area contributed by atoms with E-state index in [4.69, 9.17) is 4.99 Å². The summed E-state index contributed by atoms with van der Waals surface area (Å²) in [7, 11) is 1.89. The van der Waals surface area contributed by atoms with Gasteiger partial charge >= 0.3 is 5.97 Å². The Morgan fingerprint density at radius 1 is 1.08 bits per heavy atom. The fourth-order valence-electron chi connectivity index (χ4n) is 4.48. The number of non-ortho nitro benzene ring substituents is 1. The van der Waals surface area contributed by atoms with Crippen LogP contribution in [0.1, 0.15) is 45.7 Å². The van der Waals surface area contributed by atoms with Crippen LogP contribution in [0.3, 0.4) is 0 Å². The Labute approximate surface area is 216 Å². The number of nitro groups is 1. The van der Waals surface area contributed by atoms with E-state index in [0.717, 1.165) is 43.7 Å². The van der Waals surface area contributed by atoms with Crippen LogP contribution in [0.4, 0.5) is 17.1 Å². The van der Waals surface area contributed by atoms with Crippen molar-refractivity contribution in [1.29, 1.82) is 0 Å². The zero-order valence-electron chi connectivity index (χ0n) is 20.7. The number of hydrogen-bond donors (Lipinski definition) is 1. The lowest BCUT2D eigenvalue weighted by atomic mass is 9.99. The summed E-state index contributed by atoms with van der Waals surface area (Å²) in [5.41, 5.74) is 5.36. The molecule has 1 atom stereocenters. The van der Waals surface area contributed by atoms with E-state index in [1.807, 2.05) is 54.6 Å². The first-order valence-corrected chi connectivity index (χ1v) is 12.4. The van der Waals surface area contributed by atoms with Crippen molar-refractivity contribution in [3.8, 4) is 5.00 Å². The van der Waals surface area contributed by atoms with Crippen molar-refractivity contribution < 1.29 is 14.8 Å². The number of rotatable bonds is 6. The number of fused-ring (bicyclic) bond motifs is 3. The first kappa shape index (κ1) is 24.3. The van der Waals surface area contributed by atoms with Crippen molar-refractivity contribution in [1.82, 2.24) is 14.8 Å². The van der Waals surface area contributed by atoms with Gasteiger partial charge < -0.3 is 10.0 Å². The van der Waals surface area contributed by atoms with Gasteiger partial charge in [-0.25, -0.2) is 0 Å². The fourth-order valence-corrected chi connectivity index (χ4v) is 5.69. The second-order valence-corrected chi connectivity index (χ2v) is 10.1. The van der Waals surface area contributed by atoms with E-state index in [9.17, 15) is 20.0 Å². The summed E-state index contributed by atoms with van der Waals surface area (Å²) in [5.74, 6) is 0.245. The third-order valence-corrected chi connectivity index (χ3v) is 7.78. The number of nitrogens with zero attached hydrogens (tertiary/aromatic N) is 6. The van der Waals surface area contributed by atoms with Crippen molar-refractivity contribution in [3.05, 3.63) is 91.9 Å². The molecule has 1 aliphatic heterocycles. The van der Waals surface area contributed by atoms with Gasteiger partial charge in [-0.1, -0.05) is 12.1 Å². The van der Waals surface area contributed by atoms with Crippen LogP contribution < -0.4 is 4.90 Å². The minimum Gasteiger partial charge on any atom is -0.481 e. The molecule has 11 heteroatoms. The molecule has 0 fully saturated rings. The minimum atomic E-state index is -0.960. The molecule has 0 spiro atoms. The zero-order chi connectivity index (χ0) is 26.4. The Bertz CT molecular complexity index is 1550. The molecule has 0 radical (unpaired) electrons. The lowest BCUT2D eigenvalue weighted by Gasteiger charge is -2.20. The van der Waals surface area contributed by atoms with Gasteiger partial charge in [-0.05, 0) is 50.6 Å². The molecule has 188 valence electrons. The summed E-state index contributed by atoms with van der Waals surface area (Å²) in [4.78, 5) is 30.3. The average Bonchev–Trinajstić information content (AvgIpc) is 3.35. The SMILES string of the molecule is Cc1sc2c(c1C)C(c1ccc(N(C)c3ccc([N+](=O)[O-])cc3)cc1)=N[C@@H](CC(=O)O)c1nnc(C)n1-2. The molecule has 2 aromatic carbocycles. The average molecular weight is 517 g/mol. The molecular formula is C26H24N6O4S. The maximum Gasteiger partial charge on any atom is 0.306 e. The van der Waals surface area contributed by atoms with Gasteiger partial charge in [0.2, 0.25) is 0 Å².